The van der Waals surface area contributed by atoms with Crippen LogP contribution < -0.4 is 4.90 Å². The molecule has 0 fully saturated rings. The number of hydrogen-bond acceptors (Lipinski definition) is 4. The minimum absolute atomic E-state index is 0.223. The molecule has 0 aliphatic heterocycles. The fourth-order valence-corrected chi connectivity index (χ4v) is 2.50. The zero-order chi connectivity index (χ0) is 17.6. The van der Waals surface area contributed by atoms with Crippen molar-refractivity contribution in [3.8, 4) is 0 Å². The molecule has 0 aliphatic rings. The second kappa shape index (κ2) is 5.32. The van der Waals surface area contributed by atoms with Gasteiger partial charge < -0.3 is 4.57 Å². The molecule has 2 heterocycles. The number of tetrazole rings is 1. The van der Waals surface area contributed by atoms with Crippen LogP contribution in [0.25, 0.3) is 10.9 Å². The Kier molecular flexibility index (Phi) is 3.54. The molecule has 3 rings (SSSR count). The Morgan fingerprint density at radius 3 is 2.50 bits per heavy atom. The SMILES string of the molecule is CN(C(=O)c1cc2cc(C(F)(F)F)ccc2n1C)c1nnnn1C. The highest BCUT2D eigenvalue weighted by molar-refractivity contribution is 6.06. The third-order valence-electron chi connectivity index (χ3n) is 3.79. The lowest BCUT2D eigenvalue weighted by Gasteiger charge is -2.15. The summed E-state index contributed by atoms with van der Waals surface area (Å²) < 4.78 is 41.4. The number of fused-ring (bicyclic) bond motifs is 1. The number of anilines is 1. The smallest absolute Gasteiger partial charge is 0.340 e. The van der Waals surface area contributed by atoms with Gasteiger partial charge in [0.15, 0.2) is 0 Å². The third-order valence-corrected chi connectivity index (χ3v) is 3.79. The lowest BCUT2D eigenvalue weighted by Crippen LogP contribution is -2.30. The summed E-state index contributed by atoms with van der Waals surface area (Å²) in [4.78, 5) is 13.9. The first-order valence-corrected chi connectivity index (χ1v) is 6.87. The van der Waals surface area contributed by atoms with Crippen LogP contribution in [0.5, 0.6) is 0 Å². The van der Waals surface area contributed by atoms with E-state index < -0.39 is 17.6 Å². The molecule has 126 valence electrons. The molecule has 10 heteroatoms. The summed E-state index contributed by atoms with van der Waals surface area (Å²) in [7, 11) is 4.69. The van der Waals surface area contributed by atoms with Crippen LogP contribution >= 0.6 is 0 Å². The van der Waals surface area contributed by atoms with Gasteiger partial charge in [-0.3, -0.25) is 9.69 Å². The van der Waals surface area contributed by atoms with Crippen molar-refractivity contribution in [1.82, 2.24) is 24.8 Å². The fourth-order valence-electron chi connectivity index (χ4n) is 2.50. The number of alkyl halides is 3. The zero-order valence-corrected chi connectivity index (χ0v) is 13.0. The molecule has 3 aromatic rings. The number of rotatable bonds is 2. The Morgan fingerprint density at radius 2 is 1.92 bits per heavy atom. The molecule has 0 bridgehead atoms. The molecule has 0 atom stereocenters. The molecular weight excluding hydrogens is 325 g/mol. The van der Waals surface area contributed by atoms with E-state index in [4.69, 9.17) is 0 Å². The average molecular weight is 338 g/mol. The van der Waals surface area contributed by atoms with Gasteiger partial charge in [0.1, 0.15) is 5.69 Å². The van der Waals surface area contributed by atoms with Gasteiger partial charge in [-0.2, -0.15) is 13.2 Å². The number of hydrogen-bond donors (Lipinski definition) is 0. The summed E-state index contributed by atoms with van der Waals surface area (Å²) in [5, 5.41) is 11.2. The van der Waals surface area contributed by atoms with Gasteiger partial charge in [0.25, 0.3) is 11.9 Å². The third kappa shape index (κ3) is 2.49. The molecule has 0 aliphatic carbocycles. The molecule has 2 aromatic heterocycles. The molecule has 24 heavy (non-hydrogen) atoms. The van der Waals surface area contributed by atoms with Crippen molar-refractivity contribution in [2.75, 3.05) is 11.9 Å². The number of carbonyl (C=O) groups is 1. The highest BCUT2D eigenvalue weighted by Crippen LogP contribution is 2.32. The lowest BCUT2D eigenvalue weighted by atomic mass is 10.1. The van der Waals surface area contributed by atoms with Gasteiger partial charge in [0.05, 0.1) is 5.56 Å². The van der Waals surface area contributed by atoms with Gasteiger partial charge in [-0.1, -0.05) is 5.10 Å². The Labute approximate surface area is 134 Å². The number of aryl methyl sites for hydroxylation is 2. The van der Waals surface area contributed by atoms with E-state index in [2.05, 4.69) is 15.5 Å². The first-order chi connectivity index (χ1) is 11.2. The maximum Gasteiger partial charge on any atom is 0.416 e. The number of halogens is 3. The number of carbonyl (C=O) groups excluding carboxylic acids is 1. The van der Waals surface area contributed by atoms with Gasteiger partial charge >= 0.3 is 6.18 Å². The summed E-state index contributed by atoms with van der Waals surface area (Å²) >= 11 is 0. The van der Waals surface area contributed by atoms with Crippen molar-refractivity contribution in [3.63, 3.8) is 0 Å². The summed E-state index contributed by atoms with van der Waals surface area (Å²) in [6.45, 7) is 0. The van der Waals surface area contributed by atoms with Crippen molar-refractivity contribution in [2.45, 2.75) is 6.18 Å². The Balaban J connectivity index is 2.05. The second-order valence-electron chi connectivity index (χ2n) is 5.33. The topological polar surface area (TPSA) is 68.8 Å². The van der Waals surface area contributed by atoms with E-state index in [1.54, 1.807) is 14.1 Å². The summed E-state index contributed by atoms with van der Waals surface area (Å²) in [6.07, 6.45) is -4.44. The molecule has 0 spiro atoms. The molecule has 0 saturated carbocycles. The summed E-state index contributed by atoms with van der Waals surface area (Å²) in [6, 6.07) is 4.79. The minimum atomic E-state index is -4.44. The van der Waals surface area contributed by atoms with Crippen molar-refractivity contribution >= 4 is 22.8 Å². The number of nitrogens with zero attached hydrogens (tertiary/aromatic N) is 6. The van der Waals surface area contributed by atoms with Crippen LogP contribution in [0.3, 0.4) is 0 Å². The Morgan fingerprint density at radius 1 is 1.21 bits per heavy atom. The predicted octanol–water partition coefficient (Wildman–Crippen LogP) is 2.00. The van der Waals surface area contributed by atoms with E-state index in [1.807, 2.05) is 0 Å². The quantitative estimate of drug-likeness (QED) is 0.717. The van der Waals surface area contributed by atoms with Crippen LogP contribution in [0.15, 0.2) is 24.3 Å². The number of aromatic nitrogens is 5. The van der Waals surface area contributed by atoms with E-state index in [-0.39, 0.29) is 11.6 Å². The van der Waals surface area contributed by atoms with Gasteiger partial charge in [-0.15, -0.1) is 0 Å². The van der Waals surface area contributed by atoms with Gasteiger partial charge in [-0.05, 0) is 34.7 Å². The second-order valence-corrected chi connectivity index (χ2v) is 5.33. The van der Waals surface area contributed by atoms with Crippen LogP contribution in [0.2, 0.25) is 0 Å². The normalized spacial score (nSPS) is 11.9. The molecule has 0 radical (unpaired) electrons. The van der Waals surface area contributed by atoms with E-state index in [9.17, 15) is 18.0 Å². The maximum absolute atomic E-state index is 12.8. The van der Waals surface area contributed by atoms with Crippen LogP contribution in [-0.2, 0) is 20.3 Å². The van der Waals surface area contributed by atoms with Crippen LogP contribution in [0.4, 0.5) is 19.1 Å². The fraction of sp³-hybridized carbons (Fsp3) is 0.286. The van der Waals surface area contributed by atoms with Crippen molar-refractivity contribution in [3.05, 3.63) is 35.5 Å². The maximum atomic E-state index is 12.8. The minimum Gasteiger partial charge on any atom is -0.340 e. The van der Waals surface area contributed by atoms with Crippen LogP contribution in [-0.4, -0.2) is 37.7 Å². The van der Waals surface area contributed by atoms with Crippen molar-refractivity contribution in [2.24, 2.45) is 14.1 Å². The summed E-state index contributed by atoms with van der Waals surface area (Å²) in [5.74, 6) is -0.207. The van der Waals surface area contributed by atoms with E-state index in [0.29, 0.717) is 10.9 Å². The molecule has 7 nitrogen and oxygen atoms in total. The van der Waals surface area contributed by atoms with Crippen molar-refractivity contribution in [1.29, 1.82) is 0 Å². The monoisotopic (exact) mass is 338 g/mol. The summed E-state index contributed by atoms with van der Waals surface area (Å²) in [5.41, 5.74) is -0.00359. The van der Waals surface area contributed by atoms with E-state index in [1.165, 1.54) is 33.3 Å². The lowest BCUT2D eigenvalue weighted by molar-refractivity contribution is -0.137. The zero-order valence-electron chi connectivity index (χ0n) is 13.0. The van der Waals surface area contributed by atoms with Crippen LogP contribution in [0, 0.1) is 0 Å². The molecule has 1 aromatic carbocycles. The van der Waals surface area contributed by atoms with E-state index >= 15 is 0 Å². The predicted molar refractivity (Wildman–Crippen MR) is 79.5 cm³/mol. The molecule has 0 unspecified atom stereocenters. The molecule has 1 amide bonds. The Bertz CT molecular complexity index is 926. The average Bonchev–Trinajstić information content (AvgIpc) is 3.08. The first-order valence-electron chi connectivity index (χ1n) is 6.87. The molecule has 0 saturated heterocycles. The van der Waals surface area contributed by atoms with Gasteiger partial charge in [0.2, 0.25) is 0 Å². The van der Waals surface area contributed by atoms with Gasteiger partial charge in [0, 0.05) is 32.0 Å². The van der Waals surface area contributed by atoms with Gasteiger partial charge in [-0.25, -0.2) is 4.68 Å². The van der Waals surface area contributed by atoms with Crippen LogP contribution in [0.1, 0.15) is 16.1 Å². The number of amides is 1. The molecule has 0 N–H and O–H groups in total. The molecular formula is C14H13F3N6O. The first kappa shape index (κ1) is 16.0. The Hall–Kier alpha value is -2.91. The van der Waals surface area contributed by atoms with E-state index in [0.717, 1.165) is 12.1 Å². The largest absolute Gasteiger partial charge is 0.416 e. The standard InChI is InChI=1S/C14H13F3N6O/c1-21-10-5-4-9(14(15,16)17)6-8(10)7-11(21)12(24)22(2)13-18-19-20-23(13)3/h4-7H,1-3H3. The highest BCUT2D eigenvalue weighted by Gasteiger charge is 2.31. The van der Waals surface area contributed by atoms with Crippen molar-refractivity contribution < 1.29 is 18.0 Å². The highest BCUT2D eigenvalue weighted by atomic mass is 19.4. The number of benzene rings is 1.